The van der Waals surface area contributed by atoms with Crippen molar-refractivity contribution >= 4 is 17.3 Å². The second-order valence-corrected chi connectivity index (χ2v) is 7.35. The molecule has 2 aromatic carbocycles. The van der Waals surface area contributed by atoms with Crippen LogP contribution in [0.15, 0.2) is 42.5 Å². The Balaban J connectivity index is 1.69. The molecule has 1 N–H and O–H groups in total. The molecule has 1 saturated heterocycles. The van der Waals surface area contributed by atoms with Gasteiger partial charge in [-0.1, -0.05) is 24.3 Å². The smallest absolute Gasteiger partial charge is 0.241 e. The van der Waals surface area contributed by atoms with Crippen LogP contribution >= 0.6 is 0 Å². The van der Waals surface area contributed by atoms with Crippen molar-refractivity contribution < 1.29 is 13.6 Å². The molecule has 0 saturated carbocycles. The molecule has 4 nitrogen and oxygen atoms in total. The molecule has 1 aliphatic heterocycles. The summed E-state index contributed by atoms with van der Waals surface area (Å²) in [7, 11) is 1.84. The number of nitrogens with one attached hydrogen (secondary N) is 1. The quantitative estimate of drug-likeness (QED) is 0.797. The van der Waals surface area contributed by atoms with Crippen molar-refractivity contribution in [2.75, 3.05) is 30.4 Å². The van der Waals surface area contributed by atoms with Crippen LogP contribution in [0.4, 0.5) is 20.2 Å². The van der Waals surface area contributed by atoms with Gasteiger partial charge in [0, 0.05) is 25.3 Å². The van der Waals surface area contributed by atoms with E-state index in [0.29, 0.717) is 6.54 Å². The van der Waals surface area contributed by atoms with Crippen LogP contribution in [-0.4, -0.2) is 37.0 Å². The third-order valence-corrected chi connectivity index (χ3v) is 5.36. The van der Waals surface area contributed by atoms with E-state index in [-0.39, 0.29) is 0 Å². The van der Waals surface area contributed by atoms with Gasteiger partial charge >= 0.3 is 0 Å². The average molecular weight is 387 g/mol. The first kappa shape index (κ1) is 20.3. The molecule has 0 bridgehead atoms. The van der Waals surface area contributed by atoms with Crippen LogP contribution in [0.5, 0.6) is 0 Å². The highest BCUT2D eigenvalue weighted by atomic mass is 19.1. The minimum absolute atomic E-state index is 0.401. The van der Waals surface area contributed by atoms with Gasteiger partial charge in [-0.05, 0) is 57.0 Å². The van der Waals surface area contributed by atoms with Gasteiger partial charge in [-0.15, -0.1) is 0 Å². The summed E-state index contributed by atoms with van der Waals surface area (Å²) in [5.41, 5.74) is 1.94. The maximum absolute atomic E-state index is 13.8. The van der Waals surface area contributed by atoms with Gasteiger partial charge in [0.25, 0.3) is 0 Å². The van der Waals surface area contributed by atoms with Crippen LogP contribution in [0.25, 0.3) is 0 Å². The fourth-order valence-electron chi connectivity index (χ4n) is 3.54. The summed E-state index contributed by atoms with van der Waals surface area (Å²) in [4.78, 5) is 16.8. The Morgan fingerprint density at radius 2 is 1.71 bits per heavy atom. The van der Waals surface area contributed by atoms with Crippen molar-refractivity contribution in [3.8, 4) is 0 Å². The lowest BCUT2D eigenvalue weighted by Gasteiger charge is -2.32. The maximum Gasteiger partial charge on any atom is 0.241 e. The summed E-state index contributed by atoms with van der Waals surface area (Å²) in [6.45, 7) is 4.39. The predicted octanol–water partition coefficient (Wildman–Crippen LogP) is 4.41. The second kappa shape index (κ2) is 9.15. The largest absolute Gasteiger partial charge is 0.371 e. The van der Waals surface area contributed by atoms with Gasteiger partial charge in [0.2, 0.25) is 5.91 Å². The number of nitrogens with zero attached hydrogens (tertiary/aromatic N) is 2. The van der Waals surface area contributed by atoms with Crippen LogP contribution in [0.1, 0.15) is 31.7 Å². The van der Waals surface area contributed by atoms with E-state index in [0.717, 1.165) is 30.8 Å². The zero-order valence-electron chi connectivity index (χ0n) is 16.4. The summed E-state index contributed by atoms with van der Waals surface area (Å²) in [5.74, 6) is -2.00. The minimum Gasteiger partial charge on any atom is -0.371 e. The molecule has 0 spiro atoms. The molecule has 1 atom stereocenters. The molecule has 2 aromatic rings. The van der Waals surface area contributed by atoms with Gasteiger partial charge in [-0.2, -0.15) is 0 Å². The number of amides is 1. The highest BCUT2D eigenvalue weighted by Gasteiger charge is 2.22. The van der Waals surface area contributed by atoms with E-state index in [2.05, 4.69) is 22.3 Å². The fourth-order valence-corrected chi connectivity index (χ4v) is 3.54. The van der Waals surface area contributed by atoms with E-state index in [1.807, 2.05) is 24.1 Å². The number of halogens is 2. The van der Waals surface area contributed by atoms with Crippen LogP contribution in [0.3, 0.4) is 0 Å². The van der Waals surface area contributed by atoms with E-state index in [4.69, 9.17) is 0 Å². The molecule has 1 heterocycles. The third-order valence-electron chi connectivity index (χ3n) is 5.36. The number of benzene rings is 2. The normalized spacial score (nSPS) is 15.5. The number of carbonyl (C=O) groups excluding carboxylic acids is 1. The van der Waals surface area contributed by atoms with Gasteiger partial charge in [-0.3, -0.25) is 9.69 Å². The van der Waals surface area contributed by atoms with Gasteiger partial charge in [0.15, 0.2) is 0 Å². The van der Waals surface area contributed by atoms with E-state index < -0.39 is 29.3 Å². The van der Waals surface area contributed by atoms with Crippen LogP contribution in [0, 0.1) is 11.6 Å². The van der Waals surface area contributed by atoms with Gasteiger partial charge in [0.1, 0.15) is 17.3 Å². The molecule has 6 heteroatoms. The van der Waals surface area contributed by atoms with Crippen molar-refractivity contribution in [3.05, 3.63) is 59.7 Å². The van der Waals surface area contributed by atoms with E-state index in [1.165, 1.54) is 31.0 Å². The first-order valence-corrected chi connectivity index (χ1v) is 9.75. The Hall–Kier alpha value is -2.47. The zero-order valence-corrected chi connectivity index (χ0v) is 16.4. The molecule has 28 heavy (non-hydrogen) atoms. The lowest BCUT2D eigenvalue weighted by molar-refractivity contribution is -0.120. The second-order valence-electron chi connectivity index (χ2n) is 7.35. The molecule has 1 aliphatic rings. The lowest BCUT2D eigenvalue weighted by Crippen LogP contribution is -2.40. The molecular weight excluding hydrogens is 360 g/mol. The molecule has 150 valence electrons. The fraction of sp³-hybridized carbons (Fsp3) is 0.409. The monoisotopic (exact) mass is 387 g/mol. The molecule has 1 unspecified atom stereocenters. The SMILES string of the molecule is CC(C(=O)Nc1c(F)cccc1F)N(C)Cc1ccccc1N1CCCCC1. The van der Waals surface area contributed by atoms with Crippen molar-refractivity contribution in [2.24, 2.45) is 0 Å². The highest BCUT2D eigenvalue weighted by Crippen LogP contribution is 2.26. The first-order chi connectivity index (χ1) is 13.5. The van der Waals surface area contributed by atoms with E-state index in [9.17, 15) is 13.6 Å². The van der Waals surface area contributed by atoms with Crippen LogP contribution in [-0.2, 0) is 11.3 Å². The maximum atomic E-state index is 13.8. The van der Waals surface area contributed by atoms with E-state index in [1.54, 1.807) is 6.92 Å². The minimum atomic E-state index is -0.779. The number of carbonyl (C=O) groups is 1. The van der Waals surface area contributed by atoms with Crippen LogP contribution < -0.4 is 10.2 Å². The number of likely N-dealkylation sites (N-methyl/N-ethyl adjacent to an activating group) is 1. The number of para-hydroxylation sites is 2. The molecule has 0 aromatic heterocycles. The molecule has 1 amide bonds. The van der Waals surface area contributed by atoms with Crippen molar-refractivity contribution in [1.82, 2.24) is 4.90 Å². The molecule has 0 radical (unpaired) electrons. The first-order valence-electron chi connectivity index (χ1n) is 9.75. The summed E-state index contributed by atoms with van der Waals surface area (Å²) >= 11 is 0. The average Bonchev–Trinajstić information content (AvgIpc) is 2.71. The standard InChI is InChI=1S/C22H27F2N3O/c1-16(22(28)25-21-18(23)10-8-11-19(21)24)26(2)15-17-9-4-5-12-20(17)27-13-6-3-7-14-27/h4-5,8-12,16H,3,6-7,13-15H2,1-2H3,(H,25,28). The predicted molar refractivity (Wildman–Crippen MR) is 108 cm³/mol. The number of hydrogen-bond acceptors (Lipinski definition) is 3. The topological polar surface area (TPSA) is 35.6 Å². The molecule has 3 rings (SSSR count). The summed E-state index contributed by atoms with van der Waals surface area (Å²) in [6, 6.07) is 11.2. The molecule has 1 fully saturated rings. The lowest BCUT2D eigenvalue weighted by atomic mass is 10.1. The number of rotatable bonds is 6. The van der Waals surface area contributed by atoms with Crippen molar-refractivity contribution in [1.29, 1.82) is 0 Å². The van der Waals surface area contributed by atoms with Gasteiger partial charge in [-0.25, -0.2) is 8.78 Å². The van der Waals surface area contributed by atoms with Crippen LogP contribution in [0.2, 0.25) is 0 Å². The van der Waals surface area contributed by atoms with Crippen molar-refractivity contribution in [3.63, 3.8) is 0 Å². The Morgan fingerprint density at radius 1 is 1.07 bits per heavy atom. The van der Waals surface area contributed by atoms with Gasteiger partial charge in [0.05, 0.1) is 6.04 Å². The third kappa shape index (κ3) is 4.68. The summed E-state index contributed by atoms with van der Waals surface area (Å²) < 4.78 is 27.6. The Labute approximate surface area is 165 Å². The Kier molecular flexibility index (Phi) is 6.62. The Bertz CT molecular complexity index is 801. The number of anilines is 2. The molecular formula is C22H27F2N3O. The zero-order chi connectivity index (χ0) is 20.1. The highest BCUT2D eigenvalue weighted by molar-refractivity contribution is 5.94. The number of piperidine rings is 1. The summed E-state index contributed by atoms with van der Waals surface area (Å²) in [5, 5.41) is 2.38. The van der Waals surface area contributed by atoms with Crippen molar-refractivity contribution in [2.45, 2.75) is 38.8 Å². The number of hydrogen-bond donors (Lipinski definition) is 1. The van der Waals surface area contributed by atoms with E-state index >= 15 is 0 Å². The van der Waals surface area contributed by atoms with Gasteiger partial charge < -0.3 is 10.2 Å². The Morgan fingerprint density at radius 3 is 2.39 bits per heavy atom. The summed E-state index contributed by atoms with van der Waals surface area (Å²) in [6.07, 6.45) is 3.65. The molecule has 0 aliphatic carbocycles.